The highest BCUT2D eigenvalue weighted by molar-refractivity contribution is 8.01. The molecule has 2 aromatic heterocycles. The van der Waals surface area contributed by atoms with Crippen LogP contribution in [0.4, 0.5) is 24.9 Å². The first-order valence-corrected chi connectivity index (χ1v) is 13.6. The van der Waals surface area contributed by atoms with Crippen LogP contribution in [-0.4, -0.2) is 46.4 Å². The number of aromatic nitrogens is 3. The molecule has 2 aliphatic heterocycles. The second kappa shape index (κ2) is 8.55. The Morgan fingerprint density at radius 2 is 1.88 bits per heavy atom. The number of rotatable bonds is 5. The molecule has 0 radical (unpaired) electrons. The van der Waals surface area contributed by atoms with Gasteiger partial charge in [0.05, 0.1) is 10.2 Å². The van der Waals surface area contributed by atoms with E-state index in [1.165, 1.54) is 4.70 Å². The smallest absolute Gasteiger partial charge is 0.356 e. The van der Waals surface area contributed by atoms with Crippen LogP contribution in [0.3, 0.4) is 0 Å². The summed E-state index contributed by atoms with van der Waals surface area (Å²) in [5.74, 6) is 3.28. The summed E-state index contributed by atoms with van der Waals surface area (Å²) in [4.78, 5) is 17.2. The van der Waals surface area contributed by atoms with Crippen LogP contribution in [0.5, 0.6) is 0 Å². The summed E-state index contributed by atoms with van der Waals surface area (Å²) in [6, 6.07) is 9.45. The lowest BCUT2D eigenvalue weighted by Gasteiger charge is -2.34. The van der Waals surface area contributed by atoms with Crippen LogP contribution in [0.1, 0.15) is 31.9 Å². The van der Waals surface area contributed by atoms with Gasteiger partial charge in [-0.05, 0) is 56.1 Å². The van der Waals surface area contributed by atoms with E-state index in [-0.39, 0.29) is 12.0 Å². The maximum Gasteiger partial charge on any atom is 0.433 e. The Morgan fingerprint density at radius 3 is 2.62 bits per heavy atom. The van der Waals surface area contributed by atoms with Crippen LogP contribution in [0.15, 0.2) is 34.7 Å². The van der Waals surface area contributed by atoms with Crippen LogP contribution >= 0.6 is 23.1 Å². The normalized spacial score (nSPS) is 26.8. The van der Waals surface area contributed by atoms with Gasteiger partial charge in [-0.2, -0.15) is 18.2 Å². The number of fused-ring (bicyclic) bond motifs is 2. The zero-order valence-corrected chi connectivity index (χ0v) is 20.5. The number of alkyl halides is 3. The number of anilines is 2. The SMILES string of the molecule is C[C@H]1CCCCN1c1nc(N2CC3C(CSc4nc5ccccc5s4)C3C2)cc(C(F)(F)F)n1. The first-order valence-electron chi connectivity index (χ1n) is 11.8. The van der Waals surface area contributed by atoms with Crippen molar-refractivity contribution in [1.29, 1.82) is 0 Å². The maximum absolute atomic E-state index is 13.7. The Bertz CT molecular complexity index is 1150. The zero-order chi connectivity index (χ0) is 23.4. The summed E-state index contributed by atoms with van der Waals surface area (Å²) in [6.07, 6.45) is -1.47. The standard InChI is InChI=1S/C24H26F3N5S2/c1-14-6-4-5-9-32(14)22-29-20(24(25,26)27)10-21(30-22)31-11-15-16(12-31)17(15)13-33-23-28-18-7-2-3-8-19(18)34-23/h2-3,7-8,10,14-17H,4-6,9,11-13H2,1H3/t14-,15?,16?,17?/m0/s1. The monoisotopic (exact) mass is 505 g/mol. The quantitative estimate of drug-likeness (QED) is 0.399. The minimum Gasteiger partial charge on any atom is -0.356 e. The molecule has 0 amide bonds. The highest BCUT2D eigenvalue weighted by Gasteiger charge is 2.55. The minimum atomic E-state index is -4.48. The molecule has 5 nitrogen and oxygen atoms in total. The van der Waals surface area contributed by atoms with Crippen molar-refractivity contribution in [2.45, 2.75) is 42.7 Å². The van der Waals surface area contributed by atoms with Gasteiger partial charge in [0.15, 0.2) is 10.0 Å². The molecular formula is C24H26F3N5S2. The van der Waals surface area contributed by atoms with E-state index in [1.807, 2.05) is 34.9 Å². The van der Waals surface area contributed by atoms with E-state index >= 15 is 0 Å². The Labute approximate surface area is 204 Å². The van der Waals surface area contributed by atoms with Gasteiger partial charge in [0.25, 0.3) is 0 Å². The molecule has 3 fully saturated rings. The van der Waals surface area contributed by atoms with Crippen LogP contribution in [0.2, 0.25) is 0 Å². The average Bonchev–Trinajstić information content (AvgIpc) is 3.15. The van der Waals surface area contributed by atoms with E-state index < -0.39 is 11.9 Å². The Morgan fingerprint density at radius 1 is 1.09 bits per heavy atom. The summed E-state index contributed by atoms with van der Waals surface area (Å²) >= 11 is 3.53. The second-order valence-electron chi connectivity index (χ2n) is 9.60. The van der Waals surface area contributed by atoms with Crippen LogP contribution in [0.25, 0.3) is 10.2 Å². The molecule has 1 saturated carbocycles. The highest BCUT2D eigenvalue weighted by Crippen LogP contribution is 2.54. The molecule has 1 aromatic carbocycles. The third-order valence-corrected chi connectivity index (χ3v) is 9.74. The Balaban J connectivity index is 1.14. The van der Waals surface area contributed by atoms with Crippen LogP contribution < -0.4 is 9.80 Å². The number of hydrogen-bond donors (Lipinski definition) is 0. The van der Waals surface area contributed by atoms with Gasteiger partial charge >= 0.3 is 6.18 Å². The summed E-state index contributed by atoms with van der Waals surface area (Å²) in [5, 5.41) is 0. The van der Waals surface area contributed by atoms with Gasteiger partial charge in [-0.15, -0.1) is 11.3 Å². The fraction of sp³-hybridized carbons (Fsp3) is 0.542. The van der Waals surface area contributed by atoms with Crippen molar-refractivity contribution >= 4 is 45.1 Å². The Hall–Kier alpha value is -2.07. The number of para-hydroxylation sites is 1. The van der Waals surface area contributed by atoms with E-state index in [2.05, 4.69) is 16.0 Å². The van der Waals surface area contributed by atoms with E-state index in [1.54, 1.807) is 23.1 Å². The van der Waals surface area contributed by atoms with Crippen molar-refractivity contribution in [3.63, 3.8) is 0 Å². The molecule has 2 unspecified atom stereocenters. The summed E-state index contributed by atoms with van der Waals surface area (Å²) in [7, 11) is 0. The molecule has 4 heterocycles. The van der Waals surface area contributed by atoms with Crippen molar-refractivity contribution in [1.82, 2.24) is 15.0 Å². The molecule has 34 heavy (non-hydrogen) atoms. The third-order valence-electron chi connectivity index (χ3n) is 7.42. The molecule has 10 heteroatoms. The number of benzene rings is 1. The lowest BCUT2D eigenvalue weighted by atomic mass is 10.0. The van der Waals surface area contributed by atoms with Gasteiger partial charge in [0.2, 0.25) is 5.95 Å². The maximum atomic E-state index is 13.7. The number of piperidine rings is 2. The van der Waals surface area contributed by atoms with E-state index in [0.29, 0.717) is 30.1 Å². The van der Waals surface area contributed by atoms with Gasteiger partial charge in [0, 0.05) is 37.5 Å². The lowest BCUT2D eigenvalue weighted by molar-refractivity contribution is -0.141. The van der Waals surface area contributed by atoms with Crippen molar-refractivity contribution in [2.24, 2.45) is 17.8 Å². The van der Waals surface area contributed by atoms with Crippen molar-refractivity contribution in [2.75, 3.05) is 35.2 Å². The number of halogens is 3. The number of nitrogens with zero attached hydrogens (tertiary/aromatic N) is 5. The zero-order valence-electron chi connectivity index (χ0n) is 18.8. The minimum absolute atomic E-state index is 0.154. The van der Waals surface area contributed by atoms with E-state index in [0.717, 1.165) is 54.0 Å². The largest absolute Gasteiger partial charge is 0.433 e. The molecule has 180 valence electrons. The summed E-state index contributed by atoms with van der Waals surface area (Å²) in [6.45, 7) is 4.28. The van der Waals surface area contributed by atoms with Crippen molar-refractivity contribution < 1.29 is 13.2 Å². The van der Waals surface area contributed by atoms with Gasteiger partial charge in [-0.25, -0.2) is 9.97 Å². The molecule has 0 bridgehead atoms. The molecule has 3 aromatic rings. The van der Waals surface area contributed by atoms with Crippen molar-refractivity contribution in [3.8, 4) is 0 Å². The number of thiazole rings is 1. The number of thioether (sulfide) groups is 1. The first kappa shape index (κ1) is 22.4. The molecule has 3 atom stereocenters. The second-order valence-corrected chi connectivity index (χ2v) is 11.9. The van der Waals surface area contributed by atoms with Crippen LogP contribution in [0, 0.1) is 17.8 Å². The molecule has 2 saturated heterocycles. The Kier molecular flexibility index (Phi) is 5.63. The van der Waals surface area contributed by atoms with Gasteiger partial charge < -0.3 is 9.80 Å². The topological polar surface area (TPSA) is 45.2 Å². The van der Waals surface area contributed by atoms with E-state index in [9.17, 15) is 13.2 Å². The van der Waals surface area contributed by atoms with Crippen LogP contribution in [-0.2, 0) is 6.18 Å². The molecule has 0 N–H and O–H groups in total. The first-order chi connectivity index (χ1) is 16.4. The molecule has 1 aliphatic carbocycles. The predicted octanol–water partition coefficient (Wildman–Crippen LogP) is 5.96. The summed E-state index contributed by atoms with van der Waals surface area (Å²) in [5.41, 5.74) is 0.203. The average molecular weight is 506 g/mol. The fourth-order valence-corrected chi connectivity index (χ4v) is 7.82. The van der Waals surface area contributed by atoms with Gasteiger partial charge in [-0.1, -0.05) is 23.9 Å². The summed E-state index contributed by atoms with van der Waals surface area (Å²) < 4.78 is 43.2. The van der Waals surface area contributed by atoms with Gasteiger partial charge in [0.1, 0.15) is 5.82 Å². The fourth-order valence-electron chi connectivity index (χ4n) is 5.42. The molecule has 6 rings (SSSR count). The predicted molar refractivity (Wildman–Crippen MR) is 131 cm³/mol. The van der Waals surface area contributed by atoms with E-state index in [4.69, 9.17) is 4.98 Å². The number of hydrogen-bond acceptors (Lipinski definition) is 7. The lowest BCUT2D eigenvalue weighted by Crippen LogP contribution is -2.39. The van der Waals surface area contributed by atoms with Gasteiger partial charge in [-0.3, -0.25) is 0 Å². The van der Waals surface area contributed by atoms with Crippen molar-refractivity contribution in [3.05, 3.63) is 36.0 Å². The highest BCUT2D eigenvalue weighted by atomic mass is 32.2. The molecule has 3 aliphatic rings. The third kappa shape index (κ3) is 4.23. The molecule has 0 spiro atoms. The molecular weight excluding hydrogens is 479 g/mol.